The highest BCUT2D eigenvalue weighted by Crippen LogP contribution is 2.18. The van der Waals surface area contributed by atoms with E-state index in [4.69, 9.17) is 14.6 Å². The summed E-state index contributed by atoms with van der Waals surface area (Å²) in [5.74, 6) is 0.803. The highest BCUT2D eigenvalue weighted by molar-refractivity contribution is 4.70. The van der Waals surface area contributed by atoms with Crippen LogP contribution < -0.4 is 0 Å². The van der Waals surface area contributed by atoms with Crippen molar-refractivity contribution < 1.29 is 14.6 Å². The molecule has 1 N–H and O–H groups in total. The van der Waals surface area contributed by atoms with Crippen LogP contribution in [0.5, 0.6) is 0 Å². The molecule has 1 heterocycles. The van der Waals surface area contributed by atoms with Crippen molar-refractivity contribution in [2.24, 2.45) is 5.92 Å². The van der Waals surface area contributed by atoms with Crippen LogP contribution in [0.4, 0.5) is 0 Å². The monoisotopic (exact) mass is 231 g/mol. The predicted molar refractivity (Wildman–Crippen MR) is 63.6 cm³/mol. The first-order valence-corrected chi connectivity index (χ1v) is 6.28. The normalized spacial score (nSPS) is 22.5. The summed E-state index contributed by atoms with van der Waals surface area (Å²) in [6, 6.07) is 0. The van der Waals surface area contributed by atoms with Gasteiger partial charge in [0.2, 0.25) is 0 Å². The van der Waals surface area contributed by atoms with Crippen molar-refractivity contribution in [3.8, 4) is 0 Å². The minimum atomic E-state index is 0.0917. The van der Waals surface area contributed by atoms with E-state index in [1.165, 1.54) is 25.9 Å². The van der Waals surface area contributed by atoms with Crippen molar-refractivity contribution in [3.05, 3.63) is 0 Å². The standard InChI is InChI=1S/C12H25NO3/c1-13-5-2-3-12(11-13)4-7-15-9-10-16-8-6-14/h12,14H,2-11H2,1H3. The third-order valence-electron chi connectivity index (χ3n) is 3.00. The molecule has 16 heavy (non-hydrogen) atoms. The lowest BCUT2D eigenvalue weighted by Gasteiger charge is -2.29. The Morgan fingerprint density at radius 1 is 1.19 bits per heavy atom. The fourth-order valence-electron chi connectivity index (χ4n) is 2.15. The molecule has 1 aliphatic rings. The van der Waals surface area contributed by atoms with Crippen molar-refractivity contribution >= 4 is 0 Å². The van der Waals surface area contributed by atoms with Gasteiger partial charge in [-0.2, -0.15) is 0 Å². The van der Waals surface area contributed by atoms with Gasteiger partial charge in [-0.25, -0.2) is 0 Å². The molecular weight excluding hydrogens is 206 g/mol. The Bertz CT molecular complexity index is 166. The maximum Gasteiger partial charge on any atom is 0.0701 e. The van der Waals surface area contributed by atoms with Crippen molar-refractivity contribution in [2.45, 2.75) is 19.3 Å². The molecular formula is C12H25NO3. The first-order chi connectivity index (χ1) is 7.83. The van der Waals surface area contributed by atoms with Gasteiger partial charge in [-0.05, 0) is 38.8 Å². The van der Waals surface area contributed by atoms with Gasteiger partial charge in [0, 0.05) is 13.2 Å². The molecule has 0 radical (unpaired) electrons. The molecule has 96 valence electrons. The van der Waals surface area contributed by atoms with Crippen LogP contribution in [-0.2, 0) is 9.47 Å². The highest BCUT2D eigenvalue weighted by atomic mass is 16.5. The lowest BCUT2D eigenvalue weighted by molar-refractivity contribution is 0.0268. The van der Waals surface area contributed by atoms with Crippen molar-refractivity contribution in [1.29, 1.82) is 0 Å². The molecule has 0 aromatic heterocycles. The zero-order valence-corrected chi connectivity index (χ0v) is 10.4. The quantitative estimate of drug-likeness (QED) is 0.626. The van der Waals surface area contributed by atoms with Crippen LogP contribution in [0.15, 0.2) is 0 Å². The second-order valence-electron chi connectivity index (χ2n) is 4.51. The van der Waals surface area contributed by atoms with E-state index in [2.05, 4.69) is 11.9 Å². The number of aliphatic hydroxyl groups excluding tert-OH is 1. The number of ether oxygens (including phenoxy) is 2. The minimum absolute atomic E-state index is 0.0917. The molecule has 0 spiro atoms. The molecule has 0 saturated carbocycles. The maximum absolute atomic E-state index is 8.49. The number of hydrogen-bond donors (Lipinski definition) is 1. The molecule has 4 heteroatoms. The number of hydrogen-bond acceptors (Lipinski definition) is 4. The molecule has 1 rings (SSSR count). The first kappa shape index (κ1) is 13.9. The lowest BCUT2D eigenvalue weighted by Crippen LogP contribution is -2.32. The third kappa shape index (κ3) is 6.43. The molecule has 0 amide bonds. The van der Waals surface area contributed by atoms with E-state index in [0.717, 1.165) is 18.9 Å². The van der Waals surface area contributed by atoms with Gasteiger partial charge in [0.05, 0.1) is 26.4 Å². The van der Waals surface area contributed by atoms with Crippen LogP contribution in [-0.4, -0.2) is 63.2 Å². The Labute approximate surface area is 98.5 Å². The lowest BCUT2D eigenvalue weighted by atomic mass is 9.96. The summed E-state index contributed by atoms with van der Waals surface area (Å²) in [7, 11) is 2.19. The van der Waals surface area contributed by atoms with E-state index in [1.54, 1.807) is 0 Å². The molecule has 1 unspecified atom stereocenters. The zero-order chi connectivity index (χ0) is 11.6. The summed E-state index contributed by atoms with van der Waals surface area (Å²) in [5, 5.41) is 8.49. The number of rotatable bonds is 8. The summed E-state index contributed by atoms with van der Waals surface area (Å²) in [6.45, 7) is 5.02. The Balaban J connectivity index is 1.86. The Kier molecular flexibility index (Phi) is 7.76. The molecule has 0 aromatic rings. The Hall–Kier alpha value is -0.160. The summed E-state index contributed by atoms with van der Waals surface area (Å²) >= 11 is 0. The minimum Gasteiger partial charge on any atom is -0.394 e. The van der Waals surface area contributed by atoms with Crippen molar-refractivity contribution in [1.82, 2.24) is 4.90 Å². The average molecular weight is 231 g/mol. The van der Waals surface area contributed by atoms with E-state index in [0.29, 0.717) is 19.8 Å². The first-order valence-electron chi connectivity index (χ1n) is 6.28. The topological polar surface area (TPSA) is 41.9 Å². The summed E-state index contributed by atoms with van der Waals surface area (Å²) < 4.78 is 10.6. The number of piperidine rings is 1. The van der Waals surface area contributed by atoms with Gasteiger partial charge in [0.15, 0.2) is 0 Å². The van der Waals surface area contributed by atoms with Crippen molar-refractivity contribution in [2.75, 3.05) is 53.2 Å². The van der Waals surface area contributed by atoms with Crippen molar-refractivity contribution in [3.63, 3.8) is 0 Å². The second-order valence-corrected chi connectivity index (χ2v) is 4.51. The van der Waals surface area contributed by atoms with Crippen LogP contribution >= 0.6 is 0 Å². The fourth-order valence-corrected chi connectivity index (χ4v) is 2.15. The van der Waals surface area contributed by atoms with E-state index >= 15 is 0 Å². The Morgan fingerprint density at radius 3 is 2.62 bits per heavy atom. The van der Waals surface area contributed by atoms with E-state index in [9.17, 15) is 0 Å². The fraction of sp³-hybridized carbons (Fsp3) is 1.00. The van der Waals surface area contributed by atoms with Crippen LogP contribution in [0.3, 0.4) is 0 Å². The number of nitrogens with zero attached hydrogens (tertiary/aromatic N) is 1. The van der Waals surface area contributed by atoms with Gasteiger partial charge in [0.25, 0.3) is 0 Å². The van der Waals surface area contributed by atoms with E-state index < -0.39 is 0 Å². The maximum atomic E-state index is 8.49. The molecule has 1 atom stereocenters. The Morgan fingerprint density at radius 2 is 1.94 bits per heavy atom. The molecule has 0 bridgehead atoms. The predicted octanol–water partition coefficient (Wildman–Crippen LogP) is 0.744. The zero-order valence-electron chi connectivity index (χ0n) is 10.4. The van der Waals surface area contributed by atoms with Gasteiger partial charge in [-0.1, -0.05) is 0 Å². The largest absolute Gasteiger partial charge is 0.394 e. The molecule has 1 saturated heterocycles. The van der Waals surface area contributed by atoms with E-state index in [-0.39, 0.29) is 6.61 Å². The highest BCUT2D eigenvalue weighted by Gasteiger charge is 2.16. The molecule has 1 fully saturated rings. The molecule has 4 nitrogen and oxygen atoms in total. The van der Waals surface area contributed by atoms with Crippen LogP contribution in [0.2, 0.25) is 0 Å². The average Bonchev–Trinajstić information content (AvgIpc) is 2.28. The van der Waals surface area contributed by atoms with Gasteiger partial charge >= 0.3 is 0 Å². The molecule has 1 aliphatic heterocycles. The van der Waals surface area contributed by atoms with Crippen LogP contribution in [0.25, 0.3) is 0 Å². The molecule has 0 aromatic carbocycles. The van der Waals surface area contributed by atoms with Gasteiger partial charge in [-0.15, -0.1) is 0 Å². The van der Waals surface area contributed by atoms with Crippen LogP contribution in [0.1, 0.15) is 19.3 Å². The smallest absolute Gasteiger partial charge is 0.0701 e. The molecule has 0 aliphatic carbocycles. The van der Waals surface area contributed by atoms with Gasteiger partial charge in [-0.3, -0.25) is 0 Å². The third-order valence-corrected chi connectivity index (χ3v) is 3.00. The summed E-state index contributed by atoms with van der Waals surface area (Å²) in [5.41, 5.74) is 0. The number of aliphatic hydroxyl groups is 1. The van der Waals surface area contributed by atoms with E-state index in [1.807, 2.05) is 0 Å². The number of likely N-dealkylation sites (tertiary alicyclic amines) is 1. The summed E-state index contributed by atoms with van der Waals surface area (Å²) in [6.07, 6.45) is 3.82. The van der Waals surface area contributed by atoms with Gasteiger partial charge in [0.1, 0.15) is 0 Å². The van der Waals surface area contributed by atoms with Gasteiger partial charge < -0.3 is 19.5 Å². The second kappa shape index (κ2) is 8.93. The SMILES string of the molecule is CN1CCCC(CCOCCOCCO)C1. The summed E-state index contributed by atoms with van der Waals surface area (Å²) in [4.78, 5) is 2.40. The van der Waals surface area contributed by atoms with Crippen LogP contribution in [0, 0.1) is 5.92 Å².